The number of hydrogen-bond acceptors (Lipinski definition) is 3. The number of nitrogens with one attached hydrogen (secondary N) is 1. The summed E-state index contributed by atoms with van der Waals surface area (Å²) in [6.45, 7) is 8.53. The van der Waals surface area contributed by atoms with Gasteiger partial charge in [0, 0.05) is 22.9 Å². The monoisotopic (exact) mass is 359 g/mol. The minimum Gasteiger partial charge on any atom is -0.323 e. The Balaban J connectivity index is 1.69. The standard InChI is InChI=1S/C18H22ClN5O/c1-11(2)24-13(4)18(12(3)22-24)21-17(25)7-8-23-16-6-5-15(19)9-14(16)10-20-23/h5-6,9-11H,7-8H2,1-4H3,(H,21,25). The van der Waals surface area contributed by atoms with Crippen LogP contribution in [0.15, 0.2) is 24.4 Å². The number of aromatic nitrogens is 4. The molecule has 25 heavy (non-hydrogen) atoms. The second-order valence-corrected chi connectivity index (χ2v) is 6.89. The number of fused-ring (bicyclic) bond motifs is 1. The molecule has 132 valence electrons. The first kappa shape index (κ1) is 17.5. The molecule has 0 unspecified atom stereocenters. The summed E-state index contributed by atoms with van der Waals surface area (Å²) < 4.78 is 3.75. The van der Waals surface area contributed by atoms with E-state index in [-0.39, 0.29) is 11.9 Å². The van der Waals surface area contributed by atoms with Crippen molar-refractivity contribution in [2.75, 3.05) is 5.32 Å². The minimum absolute atomic E-state index is 0.0490. The largest absolute Gasteiger partial charge is 0.323 e. The van der Waals surface area contributed by atoms with Crippen LogP contribution in [0.5, 0.6) is 0 Å². The van der Waals surface area contributed by atoms with E-state index in [1.165, 1.54) is 0 Å². The lowest BCUT2D eigenvalue weighted by Gasteiger charge is -2.09. The average molecular weight is 360 g/mol. The Morgan fingerprint density at radius 2 is 2.08 bits per heavy atom. The highest BCUT2D eigenvalue weighted by Gasteiger charge is 2.16. The molecule has 3 rings (SSSR count). The molecular weight excluding hydrogens is 338 g/mol. The van der Waals surface area contributed by atoms with Gasteiger partial charge in [0.25, 0.3) is 0 Å². The van der Waals surface area contributed by atoms with Gasteiger partial charge in [0.2, 0.25) is 5.91 Å². The number of hydrogen-bond donors (Lipinski definition) is 1. The molecule has 0 saturated heterocycles. The van der Waals surface area contributed by atoms with Crippen molar-refractivity contribution in [2.45, 2.75) is 46.7 Å². The van der Waals surface area contributed by atoms with Crippen molar-refractivity contribution in [1.82, 2.24) is 19.6 Å². The maximum absolute atomic E-state index is 12.4. The summed E-state index contributed by atoms with van der Waals surface area (Å²) >= 11 is 5.99. The van der Waals surface area contributed by atoms with Gasteiger partial charge in [-0.25, -0.2) is 0 Å². The highest BCUT2D eigenvalue weighted by molar-refractivity contribution is 6.31. The molecule has 0 bridgehead atoms. The third kappa shape index (κ3) is 3.54. The number of nitrogens with zero attached hydrogens (tertiary/aromatic N) is 4. The highest BCUT2D eigenvalue weighted by atomic mass is 35.5. The number of anilines is 1. The van der Waals surface area contributed by atoms with Crippen LogP contribution in [0, 0.1) is 13.8 Å². The fraction of sp³-hybridized carbons (Fsp3) is 0.389. The Morgan fingerprint density at radius 3 is 2.76 bits per heavy atom. The predicted octanol–water partition coefficient (Wildman–Crippen LogP) is 4.11. The van der Waals surface area contributed by atoms with Gasteiger partial charge in [0.05, 0.1) is 35.3 Å². The predicted molar refractivity (Wildman–Crippen MR) is 100 cm³/mol. The van der Waals surface area contributed by atoms with Gasteiger partial charge in [-0.05, 0) is 45.9 Å². The van der Waals surface area contributed by atoms with Crippen LogP contribution < -0.4 is 5.32 Å². The maximum Gasteiger partial charge on any atom is 0.226 e. The van der Waals surface area contributed by atoms with Gasteiger partial charge < -0.3 is 5.32 Å². The molecule has 0 fully saturated rings. The maximum atomic E-state index is 12.4. The average Bonchev–Trinajstić information content (AvgIpc) is 3.08. The summed E-state index contributed by atoms with van der Waals surface area (Å²) in [5, 5.41) is 13.5. The molecule has 0 aliphatic rings. The molecule has 2 heterocycles. The number of aryl methyl sites for hydroxylation is 2. The molecule has 6 nitrogen and oxygen atoms in total. The summed E-state index contributed by atoms with van der Waals surface area (Å²) in [5.74, 6) is -0.0490. The second kappa shape index (κ2) is 6.88. The van der Waals surface area contributed by atoms with Gasteiger partial charge in [-0.2, -0.15) is 10.2 Å². The summed E-state index contributed by atoms with van der Waals surface area (Å²) in [6, 6.07) is 5.87. The SMILES string of the molecule is Cc1nn(C(C)C)c(C)c1NC(=O)CCn1ncc2cc(Cl)ccc21. The first-order valence-electron chi connectivity index (χ1n) is 8.33. The molecule has 1 N–H and O–H groups in total. The molecule has 1 aromatic carbocycles. The van der Waals surface area contributed by atoms with Crippen molar-refractivity contribution in [2.24, 2.45) is 0 Å². The molecule has 0 radical (unpaired) electrons. The topological polar surface area (TPSA) is 64.7 Å². The molecule has 0 aliphatic heterocycles. The van der Waals surface area contributed by atoms with E-state index in [1.807, 2.05) is 41.4 Å². The third-order valence-corrected chi connectivity index (χ3v) is 4.47. The van der Waals surface area contributed by atoms with E-state index in [4.69, 9.17) is 11.6 Å². The van der Waals surface area contributed by atoms with Crippen LogP contribution >= 0.6 is 11.6 Å². The summed E-state index contributed by atoms with van der Waals surface area (Å²) in [5.41, 5.74) is 3.58. The molecule has 0 atom stereocenters. The molecule has 1 amide bonds. The number of benzene rings is 1. The van der Waals surface area contributed by atoms with Crippen LogP contribution in [0.4, 0.5) is 5.69 Å². The molecule has 3 aromatic rings. The number of amides is 1. The first-order valence-corrected chi connectivity index (χ1v) is 8.71. The quantitative estimate of drug-likeness (QED) is 0.745. The van der Waals surface area contributed by atoms with Crippen molar-refractivity contribution < 1.29 is 4.79 Å². The molecular formula is C18H22ClN5O. The Bertz CT molecular complexity index is 925. The Kier molecular flexibility index (Phi) is 4.81. The molecule has 7 heteroatoms. The zero-order chi connectivity index (χ0) is 18.1. The summed E-state index contributed by atoms with van der Waals surface area (Å²) in [6.07, 6.45) is 2.10. The lowest BCUT2D eigenvalue weighted by molar-refractivity contribution is -0.116. The number of carbonyl (C=O) groups is 1. The van der Waals surface area contributed by atoms with E-state index in [0.29, 0.717) is 18.0 Å². The van der Waals surface area contributed by atoms with Crippen LogP contribution in [0.2, 0.25) is 5.02 Å². The van der Waals surface area contributed by atoms with Gasteiger partial charge in [-0.15, -0.1) is 0 Å². The highest BCUT2D eigenvalue weighted by Crippen LogP contribution is 2.23. The van der Waals surface area contributed by atoms with E-state index in [9.17, 15) is 4.79 Å². The fourth-order valence-electron chi connectivity index (χ4n) is 2.99. The van der Waals surface area contributed by atoms with E-state index in [2.05, 4.69) is 29.4 Å². The summed E-state index contributed by atoms with van der Waals surface area (Å²) in [4.78, 5) is 12.4. The van der Waals surface area contributed by atoms with Gasteiger partial charge >= 0.3 is 0 Å². The van der Waals surface area contributed by atoms with Crippen molar-refractivity contribution >= 4 is 34.1 Å². The fourth-order valence-corrected chi connectivity index (χ4v) is 3.17. The van der Waals surface area contributed by atoms with Crippen molar-refractivity contribution in [1.29, 1.82) is 0 Å². The lowest BCUT2D eigenvalue weighted by atomic mass is 10.2. The summed E-state index contributed by atoms with van der Waals surface area (Å²) in [7, 11) is 0. The molecule has 0 saturated carbocycles. The zero-order valence-electron chi connectivity index (χ0n) is 14.9. The Morgan fingerprint density at radius 1 is 1.32 bits per heavy atom. The van der Waals surface area contributed by atoms with Gasteiger partial charge in [0.15, 0.2) is 0 Å². The number of rotatable bonds is 5. The zero-order valence-corrected chi connectivity index (χ0v) is 15.6. The van der Waals surface area contributed by atoms with Crippen molar-refractivity contribution in [3.63, 3.8) is 0 Å². The first-order chi connectivity index (χ1) is 11.9. The molecule has 2 aromatic heterocycles. The van der Waals surface area contributed by atoms with Gasteiger partial charge in [0.1, 0.15) is 0 Å². The van der Waals surface area contributed by atoms with Crippen LogP contribution in [0.1, 0.15) is 37.7 Å². The Hall–Kier alpha value is -2.34. The number of carbonyl (C=O) groups excluding carboxylic acids is 1. The molecule has 0 aliphatic carbocycles. The van der Waals surface area contributed by atoms with Gasteiger partial charge in [-0.1, -0.05) is 11.6 Å². The van der Waals surface area contributed by atoms with Crippen LogP contribution in [-0.2, 0) is 11.3 Å². The van der Waals surface area contributed by atoms with Crippen LogP contribution in [-0.4, -0.2) is 25.5 Å². The van der Waals surface area contributed by atoms with Crippen LogP contribution in [0.25, 0.3) is 10.9 Å². The number of halogens is 1. The smallest absolute Gasteiger partial charge is 0.226 e. The van der Waals surface area contributed by atoms with Crippen molar-refractivity contribution in [3.05, 3.63) is 40.8 Å². The normalized spacial score (nSPS) is 11.4. The Labute approximate surface area is 151 Å². The van der Waals surface area contributed by atoms with Crippen molar-refractivity contribution in [3.8, 4) is 0 Å². The minimum atomic E-state index is -0.0490. The van der Waals surface area contributed by atoms with Crippen LogP contribution in [0.3, 0.4) is 0 Å². The molecule has 0 spiro atoms. The van der Waals surface area contributed by atoms with E-state index in [0.717, 1.165) is 28.0 Å². The van der Waals surface area contributed by atoms with E-state index < -0.39 is 0 Å². The van der Waals surface area contributed by atoms with E-state index in [1.54, 1.807) is 6.20 Å². The second-order valence-electron chi connectivity index (χ2n) is 6.45. The lowest BCUT2D eigenvalue weighted by Crippen LogP contribution is -2.16. The van der Waals surface area contributed by atoms with Gasteiger partial charge in [-0.3, -0.25) is 14.2 Å². The third-order valence-electron chi connectivity index (χ3n) is 4.23. The van der Waals surface area contributed by atoms with E-state index >= 15 is 0 Å².